The van der Waals surface area contributed by atoms with E-state index in [1.807, 2.05) is 54.6 Å². The van der Waals surface area contributed by atoms with Crippen LogP contribution < -0.4 is 14.8 Å². The van der Waals surface area contributed by atoms with Crippen molar-refractivity contribution in [3.05, 3.63) is 88.5 Å². The Morgan fingerprint density at radius 3 is 2.23 bits per heavy atom. The summed E-state index contributed by atoms with van der Waals surface area (Å²) in [5.74, 6) is 0.813. The SMILES string of the molecule is O=C(NSc1ccc(OCc2ccccc2)cc1)Nc1c2c(cc3c1CCC3)CCC2. The molecule has 3 aromatic carbocycles. The van der Waals surface area contributed by atoms with Crippen LogP contribution in [0.2, 0.25) is 0 Å². The summed E-state index contributed by atoms with van der Waals surface area (Å²) in [6, 6.07) is 20.1. The van der Waals surface area contributed by atoms with Crippen molar-refractivity contribution in [1.82, 2.24) is 4.72 Å². The predicted octanol–water partition coefficient (Wildman–Crippen LogP) is 6.07. The molecule has 2 aliphatic rings. The molecular formula is C26H26N2O2S. The fourth-order valence-corrected chi connectivity index (χ4v) is 5.09. The molecule has 0 atom stereocenters. The average molecular weight is 431 g/mol. The van der Waals surface area contributed by atoms with Gasteiger partial charge in [0.1, 0.15) is 12.4 Å². The number of nitrogens with one attached hydrogen (secondary N) is 2. The molecule has 2 amide bonds. The summed E-state index contributed by atoms with van der Waals surface area (Å²) in [4.78, 5) is 13.6. The summed E-state index contributed by atoms with van der Waals surface area (Å²) in [5, 5.41) is 3.17. The Bertz CT molecular complexity index is 1050. The number of aryl methyl sites for hydroxylation is 2. The number of urea groups is 1. The fraction of sp³-hybridized carbons (Fsp3) is 0.269. The van der Waals surface area contributed by atoms with Gasteiger partial charge in [-0.05, 0) is 103 Å². The molecule has 0 unspecified atom stereocenters. The van der Waals surface area contributed by atoms with Crippen LogP contribution >= 0.6 is 11.9 Å². The van der Waals surface area contributed by atoms with Crippen molar-refractivity contribution in [2.24, 2.45) is 0 Å². The number of fused-ring (bicyclic) bond motifs is 2. The van der Waals surface area contributed by atoms with E-state index in [2.05, 4.69) is 16.1 Å². The number of hydrogen-bond acceptors (Lipinski definition) is 3. The molecule has 0 saturated heterocycles. The van der Waals surface area contributed by atoms with Gasteiger partial charge in [0, 0.05) is 10.6 Å². The number of hydrogen-bond donors (Lipinski definition) is 2. The van der Waals surface area contributed by atoms with Gasteiger partial charge in [0.05, 0.1) is 0 Å². The van der Waals surface area contributed by atoms with E-state index in [9.17, 15) is 4.79 Å². The molecule has 0 aliphatic heterocycles. The van der Waals surface area contributed by atoms with Gasteiger partial charge in [0.25, 0.3) is 0 Å². The number of ether oxygens (including phenoxy) is 1. The quantitative estimate of drug-likeness (QED) is 0.467. The van der Waals surface area contributed by atoms with Gasteiger partial charge in [0.2, 0.25) is 0 Å². The molecule has 0 heterocycles. The Morgan fingerprint density at radius 1 is 0.871 bits per heavy atom. The van der Waals surface area contributed by atoms with Gasteiger partial charge in [-0.25, -0.2) is 4.79 Å². The minimum atomic E-state index is -0.163. The van der Waals surface area contributed by atoms with Crippen LogP contribution in [0, 0.1) is 0 Å². The van der Waals surface area contributed by atoms with Crippen molar-refractivity contribution in [3.63, 3.8) is 0 Å². The average Bonchev–Trinajstić information content (AvgIpc) is 3.47. The molecule has 0 bridgehead atoms. The van der Waals surface area contributed by atoms with E-state index in [0.29, 0.717) is 6.61 Å². The van der Waals surface area contributed by atoms with Crippen LogP contribution in [0.1, 0.15) is 40.7 Å². The normalized spacial score (nSPS) is 14.1. The van der Waals surface area contributed by atoms with Crippen molar-refractivity contribution in [1.29, 1.82) is 0 Å². The minimum Gasteiger partial charge on any atom is -0.489 e. The Labute approximate surface area is 187 Å². The number of benzene rings is 3. The Balaban J connectivity index is 1.17. The van der Waals surface area contributed by atoms with E-state index >= 15 is 0 Å². The maximum Gasteiger partial charge on any atom is 0.329 e. The zero-order valence-corrected chi connectivity index (χ0v) is 18.3. The number of carbonyl (C=O) groups is 1. The standard InChI is InChI=1S/C26H26N2O2S/c29-26(27-25-23-10-4-8-19(23)16-20-9-5-11-24(20)25)28-31-22-14-12-21(13-15-22)30-17-18-6-2-1-3-7-18/h1-3,6-7,12-16H,4-5,8-11,17H2,(H2,27,28,29). The summed E-state index contributed by atoms with van der Waals surface area (Å²) in [6.45, 7) is 0.541. The molecule has 3 aromatic rings. The molecule has 158 valence electrons. The maximum absolute atomic E-state index is 12.6. The van der Waals surface area contributed by atoms with Gasteiger partial charge >= 0.3 is 6.03 Å². The topological polar surface area (TPSA) is 50.4 Å². The van der Waals surface area contributed by atoms with Gasteiger partial charge in [-0.1, -0.05) is 36.4 Å². The largest absolute Gasteiger partial charge is 0.489 e. The molecule has 2 aliphatic carbocycles. The van der Waals surface area contributed by atoms with Gasteiger partial charge in [0.15, 0.2) is 0 Å². The first-order valence-corrected chi connectivity index (χ1v) is 11.7. The highest BCUT2D eigenvalue weighted by molar-refractivity contribution is 7.98. The lowest BCUT2D eigenvalue weighted by atomic mass is 9.99. The third-order valence-electron chi connectivity index (χ3n) is 6.05. The Morgan fingerprint density at radius 2 is 1.55 bits per heavy atom. The first-order chi connectivity index (χ1) is 15.3. The van der Waals surface area contributed by atoms with Crippen LogP contribution in [-0.4, -0.2) is 6.03 Å². The molecular weight excluding hydrogens is 404 g/mol. The summed E-state index contributed by atoms with van der Waals surface area (Å²) >= 11 is 1.32. The third kappa shape index (κ3) is 4.57. The highest BCUT2D eigenvalue weighted by atomic mass is 32.2. The highest BCUT2D eigenvalue weighted by Crippen LogP contribution is 2.38. The second-order valence-electron chi connectivity index (χ2n) is 8.14. The lowest BCUT2D eigenvalue weighted by molar-refractivity contribution is 0.257. The summed E-state index contributed by atoms with van der Waals surface area (Å²) in [7, 11) is 0. The van der Waals surface area contributed by atoms with Crippen LogP contribution in [-0.2, 0) is 32.3 Å². The van der Waals surface area contributed by atoms with E-state index in [-0.39, 0.29) is 6.03 Å². The van der Waals surface area contributed by atoms with Crippen LogP contribution in [0.25, 0.3) is 0 Å². The van der Waals surface area contributed by atoms with E-state index in [1.54, 1.807) is 0 Å². The Kier molecular flexibility index (Phi) is 5.85. The van der Waals surface area contributed by atoms with Crippen LogP contribution in [0.4, 0.5) is 10.5 Å². The zero-order chi connectivity index (χ0) is 21.0. The summed E-state index contributed by atoms with van der Waals surface area (Å²) < 4.78 is 8.76. The summed E-state index contributed by atoms with van der Waals surface area (Å²) in [5.41, 5.74) is 7.76. The minimum absolute atomic E-state index is 0.163. The summed E-state index contributed by atoms with van der Waals surface area (Å²) in [6.07, 6.45) is 6.76. The lowest BCUT2D eigenvalue weighted by Gasteiger charge is -2.16. The molecule has 5 heteroatoms. The monoisotopic (exact) mass is 430 g/mol. The smallest absolute Gasteiger partial charge is 0.329 e. The van der Waals surface area contributed by atoms with Crippen molar-refractivity contribution < 1.29 is 9.53 Å². The molecule has 4 nitrogen and oxygen atoms in total. The molecule has 0 saturated carbocycles. The van der Waals surface area contributed by atoms with E-state index in [4.69, 9.17) is 4.74 Å². The van der Waals surface area contributed by atoms with Gasteiger partial charge in [-0.15, -0.1) is 0 Å². The molecule has 0 aromatic heterocycles. The van der Waals surface area contributed by atoms with E-state index < -0.39 is 0 Å². The second kappa shape index (κ2) is 9.06. The van der Waals surface area contributed by atoms with Crippen LogP contribution in [0.5, 0.6) is 5.75 Å². The van der Waals surface area contributed by atoms with Crippen LogP contribution in [0.3, 0.4) is 0 Å². The number of carbonyl (C=O) groups excluding carboxylic acids is 1. The van der Waals surface area contributed by atoms with Crippen molar-refractivity contribution in [2.75, 3.05) is 5.32 Å². The zero-order valence-electron chi connectivity index (χ0n) is 17.4. The second-order valence-corrected chi connectivity index (χ2v) is 9.02. The van der Waals surface area contributed by atoms with Crippen molar-refractivity contribution >= 4 is 23.7 Å². The molecule has 2 N–H and O–H groups in total. The number of rotatable bonds is 6. The van der Waals surface area contributed by atoms with Gasteiger partial charge in [-0.2, -0.15) is 0 Å². The molecule has 31 heavy (non-hydrogen) atoms. The maximum atomic E-state index is 12.6. The van der Waals surface area contributed by atoms with E-state index in [0.717, 1.165) is 47.6 Å². The predicted molar refractivity (Wildman–Crippen MR) is 126 cm³/mol. The van der Waals surface area contributed by atoms with E-state index in [1.165, 1.54) is 47.0 Å². The third-order valence-corrected chi connectivity index (χ3v) is 6.84. The fourth-order valence-electron chi connectivity index (χ4n) is 4.56. The number of amides is 2. The number of anilines is 1. The molecule has 5 rings (SSSR count). The van der Waals surface area contributed by atoms with Crippen LogP contribution in [0.15, 0.2) is 65.6 Å². The molecule has 0 radical (unpaired) electrons. The highest BCUT2D eigenvalue weighted by Gasteiger charge is 2.24. The first-order valence-electron chi connectivity index (χ1n) is 10.9. The lowest BCUT2D eigenvalue weighted by Crippen LogP contribution is -2.24. The van der Waals surface area contributed by atoms with Crippen molar-refractivity contribution in [3.8, 4) is 5.75 Å². The van der Waals surface area contributed by atoms with Crippen molar-refractivity contribution in [2.45, 2.75) is 50.0 Å². The Hall–Kier alpha value is -2.92. The van der Waals surface area contributed by atoms with Gasteiger partial charge in [-0.3, -0.25) is 4.72 Å². The molecule has 0 fully saturated rings. The first kappa shape index (κ1) is 20.0. The van der Waals surface area contributed by atoms with Gasteiger partial charge < -0.3 is 10.1 Å². The molecule has 0 spiro atoms.